The molecule has 0 saturated carbocycles. The van der Waals surface area contributed by atoms with Crippen LogP contribution in [-0.4, -0.2) is 48.1 Å². The first-order valence-electron chi connectivity index (χ1n) is 16.3. The number of amides is 1. The zero-order valence-corrected chi connectivity index (χ0v) is 27.1. The number of allylic oxidation sites excluding steroid dienone is 2. The van der Waals surface area contributed by atoms with E-state index in [4.69, 9.17) is 9.47 Å². The fraction of sp³-hybridized carbons (Fsp3) is 0.421. The van der Waals surface area contributed by atoms with Crippen LogP contribution in [0.25, 0.3) is 0 Å². The molecule has 0 heterocycles. The Balaban J connectivity index is 1.42. The van der Waals surface area contributed by atoms with Crippen LogP contribution in [0.3, 0.4) is 0 Å². The third-order valence-corrected chi connectivity index (χ3v) is 7.52. The number of carbonyl (C=O) groups excluding carboxylic acids is 2. The van der Waals surface area contributed by atoms with Gasteiger partial charge in [-0.25, -0.2) is 4.79 Å². The van der Waals surface area contributed by atoms with Crippen LogP contribution in [0.2, 0.25) is 0 Å². The fourth-order valence-corrected chi connectivity index (χ4v) is 4.92. The van der Waals surface area contributed by atoms with Gasteiger partial charge in [-0.3, -0.25) is 4.79 Å². The van der Waals surface area contributed by atoms with Crippen molar-refractivity contribution >= 4 is 11.9 Å². The van der Waals surface area contributed by atoms with Gasteiger partial charge in [0.15, 0.2) is 11.5 Å². The zero-order valence-electron chi connectivity index (χ0n) is 27.1. The van der Waals surface area contributed by atoms with E-state index in [1.165, 1.54) is 0 Å². The van der Waals surface area contributed by atoms with Crippen molar-refractivity contribution in [3.8, 4) is 11.5 Å². The van der Waals surface area contributed by atoms with Gasteiger partial charge < -0.3 is 24.8 Å². The minimum Gasteiger partial charge on any atom is -0.504 e. The normalized spacial score (nSPS) is 12.0. The average Bonchev–Trinajstić information content (AvgIpc) is 3.06. The average molecular weight is 615 g/mol. The molecule has 3 aromatic carbocycles. The van der Waals surface area contributed by atoms with Gasteiger partial charge in [0, 0.05) is 32.5 Å². The van der Waals surface area contributed by atoms with E-state index in [1.54, 1.807) is 30.3 Å². The summed E-state index contributed by atoms with van der Waals surface area (Å²) in [5.41, 5.74) is 2.39. The van der Waals surface area contributed by atoms with Crippen molar-refractivity contribution in [3.05, 3.63) is 108 Å². The molecule has 1 unspecified atom stereocenters. The molecule has 2 N–H and O–H groups in total. The second-order valence-electron chi connectivity index (χ2n) is 11.6. The minimum atomic E-state index is -0.351. The van der Waals surface area contributed by atoms with E-state index < -0.39 is 0 Å². The summed E-state index contributed by atoms with van der Waals surface area (Å²) < 4.78 is 11.9. The summed E-state index contributed by atoms with van der Waals surface area (Å²) in [7, 11) is 0. The summed E-state index contributed by atoms with van der Waals surface area (Å²) in [6.07, 6.45) is 8.83. The van der Waals surface area contributed by atoms with Crippen LogP contribution in [0, 0.1) is 5.92 Å². The quantitative estimate of drug-likeness (QED) is 0.0765. The first kappa shape index (κ1) is 35.4. The third-order valence-electron chi connectivity index (χ3n) is 7.52. The number of unbranched alkanes of at least 4 members (excludes halogenated alkanes) is 2. The van der Waals surface area contributed by atoms with E-state index in [0.717, 1.165) is 56.4 Å². The van der Waals surface area contributed by atoms with Crippen molar-refractivity contribution in [1.82, 2.24) is 10.2 Å². The lowest BCUT2D eigenvalue weighted by Gasteiger charge is -2.24. The maximum atomic E-state index is 12.8. The molecule has 7 heteroatoms. The Morgan fingerprint density at radius 3 is 2.38 bits per heavy atom. The molecule has 0 aromatic heterocycles. The lowest BCUT2D eigenvalue weighted by Crippen LogP contribution is -2.28. The number of nitrogens with one attached hydrogen (secondary N) is 1. The van der Waals surface area contributed by atoms with E-state index in [1.807, 2.05) is 48.5 Å². The van der Waals surface area contributed by atoms with Crippen LogP contribution in [0.4, 0.5) is 0 Å². The predicted octanol–water partition coefficient (Wildman–Crippen LogP) is 7.86. The molecule has 0 saturated heterocycles. The number of esters is 1. The van der Waals surface area contributed by atoms with Crippen molar-refractivity contribution in [2.24, 2.45) is 5.92 Å². The summed E-state index contributed by atoms with van der Waals surface area (Å²) in [5.74, 6) is 0.758. The largest absolute Gasteiger partial charge is 0.504 e. The number of phenolic OH excluding ortho intramolecular Hbond substituents is 1. The Kier molecular flexibility index (Phi) is 15.7. The lowest BCUT2D eigenvalue weighted by molar-refractivity contribution is -0.121. The number of aromatic hydroxyl groups is 1. The SMILES string of the molecule is CCN(CCCOc1cc(CNC(=O)CCCC/C=C/C(C)C)ccc1O)CCC(OC(=O)c1ccccc1)c1ccccc1. The predicted molar refractivity (Wildman–Crippen MR) is 180 cm³/mol. The van der Waals surface area contributed by atoms with Crippen LogP contribution in [0.1, 0.15) is 86.9 Å². The van der Waals surface area contributed by atoms with Crippen molar-refractivity contribution in [3.63, 3.8) is 0 Å². The Bertz CT molecular complexity index is 1310. The van der Waals surface area contributed by atoms with Crippen LogP contribution < -0.4 is 10.1 Å². The second kappa shape index (κ2) is 20.0. The van der Waals surface area contributed by atoms with Gasteiger partial charge in [-0.05, 0) is 73.5 Å². The van der Waals surface area contributed by atoms with Crippen molar-refractivity contribution in [2.45, 2.75) is 71.9 Å². The number of hydrogen-bond acceptors (Lipinski definition) is 6. The van der Waals surface area contributed by atoms with Gasteiger partial charge in [-0.15, -0.1) is 0 Å². The molecule has 0 radical (unpaired) electrons. The van der Waals surface area contributed by atoms with Crippen LogP contribution in [-0.2, 0) is 16.1 Å². The number of ether oxygens (including phenoxy) is 2. The first-order valence-corrected chi connectivity index (χ1v) is 16.3. The number of nitrogens with zero attached hydrogens (tertiary/aromatic N) is 1. The Morgan fingerprint density at radius 2 is 1.67 bits per heavy atom. The molecule has 7 nitrogen and oxygen atoms in total. The zero-order chi connectivity index (χ0) is 32.3. The molecule has 45 heavy (non-hydrogen) atoms. The molecular formula is C38H50N2O5. The van der Waals surface area contributed by atoms with Crippen LogP contribution in [0.15, 0.2) is 91.0 Å². The van der Waals surface area contributed by atoms with Gasteiger partial charge in [0.25, 0.3) is 0 Å². The standard InChI is InChI=1S/C38H50N2O5/c1-4-40(26-24-35(32-17-10-7-11-18-32)45-38(43)33-19-12-8-13-20-33)25-15-27-44-36-28-31(22-23-34(36)41)29-39-37(42)21-14-6-5-9-16-30(2)3/h7-13,16-20,22-23,28,30,35,41H,4-6,14-15,21,24-27,29H2,1-3H3,(H,39,42)/b16-9+. The van der Waals surface area contributed by atoms with E-state index in [-0.39, 0.29) is 23.7 Å². The van der Waals surface area contributed by atoms with Gasteiger partial charge >= 0.3 is 5.97 Å². The smallest absolute Gasteiger partial charge is 0.338 e. The van der Waals surface area contributed by atoms with E-state index in [0.29, 0.717) is 43.2 Å². The fourth-order valence-electron chi connectivity index (χ4n) is 4.92. The highest BCUT2D eigenvalue weighted by molar-refractivity contribution is 5.89. The van der Waals surface area contributed by atoms with Crippen LogP contribution in [0.5, 0.6) is 11.5 Å². The van der Waals surface area contributed by atoms with Gasteiger partial charge in [-0.1, -0.05) is 87.5 Å². The summed E-state index contributed by atoms with van der Waals surface area (Å²) in [4.78, 5) is 27.4. The number of hydrogen-bond donors (Lipinski definition) is 2. The van der Waals surface area contributed by atoms with Crippen molar-refractivity contribution < 1.29 is 24.2 Å². The summed E-state index contributed by atoms with van der Waals surface area (Å²) in [6, 6.07) is 24.1. The maximum Gasteiger partial charge on any atom is 0.338 e. The minimum absolute atomic E-state index is 0.0300. The van der Waals surface area contributed by atoms with Gasteiger partial charge in [-0.2, -0.15) is 0 Å². The first-order chi connectivity index (χ1) is 21.9. The summed E-state index contributed by atoms with van der Waals surface area (Å²) in [6.45, 7) is 9.67. The highest BCUT2D eigenvalue weighted by Gasteiger charge is 2.19. The molecule has 0 aliphatic heterocycles. The number of phenols is 1. The molecule has 0 bridgehead atoms. The molecule has 1 amide bonds. The number of carbonyl (C=O) groups is 2. The summed E-state index contributed by atoms with van der Waals surface area (Å²) >= 11 is 0. The lowest BCUT2D eigenvalue weighted by atomic mass is 10.1. The molecule has 242 valence electrons. The van der Waals surface area contributed by atoms with Gasteiger partial charge in [0.1, 0.15) is 6.10 Å². The molecule has 3 rings (SSSR count). The monoisotopic (exact) mass is 614 g/mol. The molecule has 0 spiro atoms. The summed E-state index contributed by atoms with van der Waals surface area (Å²) in [5, 5.41) is 13.3. The molecule has 0 aliphatic carbocycles. The Morgan fingerprint density at radius 1 is 0.933 bits per heavy atom. The second-order valence-corrected chi connectivity index (χ2v) is 11.6. The van der Waals surface area contributed by atoms with E-state index in [2.05, 4.69) is 43.1 Å². The Labute approximate surface area is 269 Å². The molecular weight excluding hydrogens is 564 g/mol. The Hall–Kier alpha value is -4.10. The molecule has 3 aromatic rings. The van der Waals surface area contributed by atoms with Crippen LogP contribution >= 0.6 is 0 Å². The van der Waals surface area contributed by atoms with E-state index in [9.17, 15) is 14.7 Å². The molecule has 0 aliphatic rings. The molecule has 0 fully saturated rings. The van der Waals surface area contributed by atoms with Gasteiger partial charge in [0.05, 0.1) is 12.2 Å². The molecule has 1 atom stereocenters. The maximum absolute atomic E-state index is 12.8. The van der Waals surface area contributed by atoms with Crippen molar-refractivity contribution in [2.75, 3.05) is 26.2 Å². The highest BCUT2D eigenvalue weighted by Crippen LogP contribution is 2.27. The topological polar surface area (TPSA) is 88.1 Å². The number of rotatable bonds is 20. The highest BCUT2D eigenvalue weighted by atomic mass is 16.5. The van der Waals surface area contributed by atoms with Crippen molar-refractivity contribution in [1.29, 1.82) is 0 Å². The van der Waals surface area contributed by atoms with E-state index >= 15 is 0 Å². The van der Waals surface area contributed by atoms with Gasteiger partial charge in [0.2, 0.25) is 5.91 Å². The number of benzene rings is 3. The third kappa shape index (κ3) is 13.6.